The van der Waals surface area contributed by atoms with Gasteiger partial charge in [0.2, 0.25) is 5.91 Å². The monoisotopic (exact) mass is 264 g/mol. The minimum absolute atomic E-state index is 0.00324. The van der Waals surface area contributed by atoms with Gasteiger partial charge in [0, 0.05) is 24.0 Å². The summed E-state index contributed by atoms with van der Waals surface area (Å²) in [7, 11) is 0. The summed E-state index contributed by atoms with van der Waals surface area (Å²) < 4.78 is 0. The van der Waals surface area contributed by atoms with E-state index in [1.54, 1.807) is 11.8 Å². The van der Waals surface area contributed by atoms with Gasteiger partial charge in [-0.15, -0.1) is 0 Å². The zero-order chi connectivity index (χ0) is 13.0. The molecule has 0 aromatic heterocycles. The predicted molar refractivity (Wildman–Crippen MR) is 78.3 cm³/mol. The summed E-state index contributed by atoms with van der Waals surface area (Å²) in [6.07, 6.45) is 2.94. The van der Waals surface area contributed by atoms with Gasteiger partial charge in [0.15, 0.2) is 0 Å². The Labute approximate surface area is 113 Å². The standard InChI is InChI=1S/C14H20N2OS/c1-10(18-2)9-16-14(17)12-7-8-15-13-6-4-3-5-11(12)13/h3-6,10,12,15H,7-9H2,1-2H3,(H,16,17). The highest BCUT2D eigenvalue weighted by Crippen LogP contribution is 2.31. The molecule has 3 nitrogen and oxygen atoms in total. The first-order valence-corrected chi connectivity index (χ1v) is 7.64. The van der Waals surface area contributed by atoms with Gasteiger partial charge in [0.05, 0.1) is 5.92 Å². The van der Waals surface area contributed by atoms with Crippen LogP contribution in [0.5, 0.6) is 0 Å². The van der Waals surface area contributed by atoms with Crippen LogP contribution in [-0.4, -0.2) is 30.5 Å². The molecule has 4 heteroatoms. The Morgan fingerprint density at radius 1 is 1.56 bits per heavy atom. The molecule has 1 aromatic carbocycles. The molecule has 2 atom stereocenters. The van der Waals surface area contributed by atoms with E-state index in [0.717, 1.165) is 30.8 Å². The van der Waals surface area contributed by atoms with E-state index >= 15 is 0 Å². The largest absolute Gasteiger partial charge is 0.385 e. The Kier molecular flexibility index (Phi) is 4.53. The van der Waals surface area contributed by atoms with Crippen molar-refractivity contribution in [2.24, 2.45) is 0 Å². The highest BCUT2D eigenvalue weighted by atomic mass is 32.2. The van der Waals surface area contributed by atoms with E-state index in [4.69, 9.17) is 0 Å². The van der Waals surface area contributed by atoms with Gasteiger partial charge in [-0.25, -0.2) is 0 Å². The number of carbonyl (C=O) groups is 1. The van der Waals surface area contributed by atoms with Gasteiger partial charge in [-0.05, 0) is 24.3 Å². The molecular formula is C14H20N2OS. The second kappa shape index (κ2) is 6.14. The lowest BCUT2D eigenvalue weighted by molar-refractivity contribution is -0.122. The Bertz CT molecular complexity index is 422. The third-order valence-corrected chi connectivity index (χ3v) is 4.34. The summed E-state index contributed by atoms with van der Waals surface area (Å²) in [5.74, 6) is 0.154. The molecule has 0 saturated heterocycles. The topological polar surface area (TPSA) is 41.1 Å². The average Bonchev–Trinajstić information content (AvgIpc) is 2.43. The zero-order valence-corrected chi connectivity index (χ0v) is 11.7. The number of anilines is 1. The van der Waals surface area contributed by atoms with Crippen LogP contribution < -0.4 is 10.6 Å². The minimum atomic E-state index is -0.00324. The van der Waals surface area contributed by atoms with Crippen molar-refractivity contribution in [3.05, 3.63) is 29.8 Å². The first-order chi connectivity index (χ1) is 8.72. The van der Waals surface area contributed by atoms with Crippen molar-refractivity contribution in [3.8, 4) is 0 Å². The molecule has 1 aromatic rings. The van der Waals surface area contributed by atoms with E-state index in [1.165, 1.54) is 0 Å². The Morgan fingerprint density at radius 2 is 2.33 bits per heavy atom. The summed E-state index contributed by atoms with van der Waals surface area (Å²) in [5.41, 5.74) is 2.22. The molecule has 1 aliphatic heterocycles. The number of hydrogen-bond acceptors (Lipinski definition) is 3. The van der Waals surface area contributed by atoms with Gasteiger partial charge in [-0.1, -0.05) is 25.1 Å². The van der Waals surface area contributed by atoms with Crippen molar-refractivity contribution in [1.29, 1.82) is 0 Å². The van der Waals surface area contributed by atoms with Gasteiger partial charge in [0.1, 0.15) is 0 Å². The van der Waals surface area contributed by atoms with Crippen LogP contribution in [0.15, 0.2) is 24.3 Å². The van der Waals surface area contributed by atoms with E-state index < -0.39 is 0 Å². The first kappa shape index (κ1) is 13.3. The maximum atomic E-state index is 12.2. The number of para-hydroxylation sites is 1. The smallest absolute Gasteiger partial charge is 0.227 e. The number of hydrogen-bond donors (Lipinski definition) is 2. The minimum Gasteiger partial charge on any atom is -0.385 e. The number of rotatable bonds is 4. The quantitative estimate of drug-likeness (QED) is 0.877. The Morgan fingerprint density at radius 3 is 3.11 bits per heavy atom. The van der Waals surface area contributed by atoms with Gasteiger partial charge in [-0.3, -0.25) is 4.79 Å². The molecule has 0 bridgehead atoms. The van der Waals surface area contributed by atoms with Crippen LogP contribution in [-0.2, 0) is 4.79 Å². The van der Waals surface area contributed by atoms with Crippen molar-refractivity contribution >= 4 is 23.4 Å². The molecule has 2 unspecified atom stereocenters. The fraction of sp³-hybridized carbons (Fsp3) is 0.500. The molecule has 18 heavy (non-hydrogen) atoms. The van der Waals surface area contributed by atoms with Crippen LogP contribution >= 0.6 is 11.8 Å². The van der Waals surface area contributed by atoms with Gasteiger partial charge >= 0.3 is 0 Å². The van der Waals surface area contributed by atoms with E-state index in [2.05, 4.69) is 23.8 Å². The summed E-state index contributed by atoms with van der Waals surface area (Å²) in [5, 5.41) is 6.86. The van der Waals surface area contributed by atoms with E-state index in [9.17, 15) is 4.79 Å². The fourth-order valence-electron chi connectivity index (χ4n) is 2.19. The number of nitrogens with one attached hydrogen (secondary N) is 2. The molecule has 1 heterocycles. The molecule has 1 aliphatic rings. The summed E-state index contributed by atoms with van der Waals surface area (Å²) in [4.78, 5) is 12.2. The highest BCUT2D eigenvalue weighted by molar-refractivity contribution is 7.99. The number of amides is 1. The second-order valence-corrected chi connectivity index (χ2v) is 5.92. The lowest BCUT2D eigenvalue weighted by Gasteiger charge is -2.26. The third-order valence-electron chi connectivity index (χ3n) is 3.37. The van der Waals surface area contributed by atoms with E-state index in [-0.39, 0.29) is 11.8 Å². The molecule has 0 saturated carbocycles. The maximum Gasteiger partial charge on any atom is 0.227 e. The van der Waals surface area contributed by atoms with Gasteiger partial charge in [-0.2, -0.15) is 11.8 Å². The third kappa shape index (κ3) is 2.99. The number of fused-ring (bicyclic) bond motifs is 1. The van der Waals surface area contributed by atoms with E-state index in [0.29, 0.717) is 5.25 Å². The van der Waals surface area contributed by atoms with Crippen LogP contribution in [0.3, 0.4) is 0 Å². The molecule has 98 valence electrons. The zero-order valence-electron chi connectivity index (χ0n) is 10.9. The Balaban J connectivity index is 2.04. The second-order valence-electron chi connectivity index (χ2n) is 4.65. The summed E-state index contributed by atoms with van der Waals surface area (Å²) >= 11 is 1.77. The van der Waals surface area contributed by atoms with Crippen molar-refractivity contribution in [1.82, 2.24) is 5.32 Å². The van der Waals surface area contributed by atoms with Crippen molar-refractivity contribution in [2.45, 2.75) is 24.5 Å². The molecule has 0 spiro atoms. The highest BCUT2D eigenvalue weighted by Gasteiger charge is 2.25. The summed E-state index contributed by atoms with van der Waals surface area (Å²) in [6, 6.07) is 8.08. The van der Waals surface area contributed by atoms with E-state index in [1.807, 2.05) is 24.3 Å². The molecule has 1 amide bonds. The lowest BCUT2D eigenvalue weighted by atomic mass is 9.90. The average molecular weight is 264 g/mol. The molecule has 0 fully saturated rings. The van der Waals surface area contributed by atoms with Crippen LogP contribution in [0.2, 0.25) is 0 Å². The summed E-state index contributed by atoms with van der Waals surface area (Å²) in [6.45, 7) is 3.74. The Hall–Kier alpha value is -1.16. The van der Waals surface area contributed by atoms with Crippen molar-refractivity contribution in [3.63, 3.8) is 0 Å². The number of thioether (sulfide) groups is 1. The van der Waals surface area contributed by atoms with Crippen LogP contribution in [0.25, 0.3) is 0 Å². The maximum absolute atomic E-state index is 12.2. The van der Waals surface area contributed by atoms with Crippen LogP contribution in [0.1, 0.15) is 24.8 Å². The van der Waals surface area contributed by atoms with Gasteiger partial charge in [0.25, 0.3) is 0 Å². The SMILES string of the molecule is CSC(C)CNC(=O)C1CCNc2ccccc21. The lowest BCUT2D eigenvalue weighted by Crippen LogP contribution is -2.36. The van der Waals surface area contributed by atoms with Crippen LogP contribution in [0.4, 0.5) is 5.69 Å². The van der Waals surface area contributed by atoms with Gasteiger partial charge < -0.3 is 10.6 Å². The predicted octanol–water partition coefficient (Wildman–Crippen LogP) is 2.45. The normalized spacial score (nSPS) is 19.6. The number of benzene rings is 1. The molecular weight excluding hydrogens is 244 g/mol. The molecule has 2 N–H and O–H groups in total. The fourth-order valence-corrected chi connectivity index (χ4v) is 2.44. The number of carbonyl (C=O) groups excluding carboxylic acids is 1. The van der Waals surface area contributed by atoms with Crippen molar-refractivity contribution in [2.75, 3.05) is 24.7 Å². The molecule has 2 rings (SSSR count). The molecule has 0 radical (unpaired) electrons. The first-order valence-electron chi connectivity index (χ1n) is 6.35. The van der Waals surface area contributed by atoms with Crippen LogP contribution in [0, 0.1) is 0 Å². The molecule has 0 aliphatic carbocycles. The van der Waals surface area contributed by atoms with Crippen molar-refractivity contribution < 1.29 is 4.79 Å².